The largest absolute Gasteiger partial charge is 0.269 e. The van der Waals surface area contributed by atoms with Crippen LogP contribution in [0.1, 0.15) is 65.7 Å². The molecule has 0 bridgehead atoms. The number of unbranched alkanes of at least 4 members (excludes halogenated alkanes) is 4. The summed E-state index contributed by atoms with van der Waals surface area (Å²) in [7, 11) is 0. The van der Waals surface area contributed by atoms with Gasteiger partial charge in [-0.3, -0.25) is 4.70 Å². The molecule has 0 aliphatic rings. The second kappa shape index (κ2) is 14.7. The smallest absolute Gasteiger partial charge is 0.269 e. The maximum absolute atomic E-state index is 2.34. The number of hydrogen-bond donors (Lipinski definition) is 0. The van der Waals surface area contributed by atoms with Gasteiger partial charge in [-0.15, -0.1) is 0 Å². The van der Waals surface area contributed by atoms with Gasteiger partial charge in [0.2, 0.25) is 0 Å². The van der Waals surface area contributed by atoms with Crippen molar-refractivity contribution in [3.05, 3.63) is 0 Å². The Morgan fingerprint density at radius 1 is 0.600 bits per heavy atom. The zero-order chi connectivity index (χ0) is 10.6. The normalized spacial score (nSPS) is 10.4. The van der Waals surface area contributed by atoms with Crippen molar-refractivity contribution in [2.24, 2.45) is 0 Å². The van der Waals surface area contributed by atoms with E-state index < -0.39 is 19.8 Å². The average Bonchev–Trinajstić information content (AvgIpc) is 2.21. The van der Waals surface area contributed by atoms with E-state index in [4.69, 9.17) is 0 Å². The molecule has 0 nitrogen and oxygen atoms in total. The maximum atomic E-state index is 2.34. The van der Waals surface area contributed by atoms with Crippen LogP contribution in [-0.2, 0) is 0 Å². The molecule has 1 radical (unpaired) electrons. The van der Waals surface area contributed by atoms with E-state index in [-0.39, 0.29) is 4.70 Å². The van der Waals surface area contributed by atoms with Gasteiger partial charge in [-0.25, -0.2) is 0 Å². The van der Waals surface area contributed by atoms with Crippen LogP contribution >= 0.6 is 0 Å². The van der Waals surface area contributed by atoms with Crippen molar-refractivity contribution in [2.75, 3.05) is 0 Å². The van der Waals surface area contributed by atoms with Gasteiger partial charge in [0.25, 0.3) is 0 Å². The van der Waals surface area contributed by atoms with Crippen LogP contribution in [0.4, 0.5) is 4.70 Å². The molecule has 0 fully saturated rings. The third kappa shape index (κ3) is 12.7. The number of halogens is 1. The van der Waals surface area contributed by atoms with E-state index in [1.807, 2.05) is 0 Å². The van der Waals surface area contributed by atoms with Crippen LogP contribution in [0, 0.1) is 0 Å². The SMILES string of the molecule is CCCC[CH2][Sn]([CH2]CCC)[CH2]CCC.F. The minimum Gasteiger partial charge on any atom is -0.269 e. The Balaban J connectivity index is 0. The van der Waals surface area contributed by atoms with Gasteiger partial charge in [0.15, 0.2) is 0 Å². The first kappa shape index (κ1) is 18.1. The summed E-state index contributed by atoms with van der Waals surface area (Å²) >= 11 is -0.860. The van der Waals surface area contributed by atoms with Gasteiger partial charge in [-0.2, -0.15) is 0 Å². The zero-order valence-corrected chi connectivity index (χ0v) is 13.8. The molecule has 0 aliphatic heterocycles. The summed E-state index contributed by atoms with van der Waals surface area (Å²) in [6, 6.07) is 0. The summed E-state index contributed by atoms with van der Waals surface area (Å²) in [5.74, 6) is 0. The summed E-state index contributed by atoms with van der Waals surface area (Å²) in [5.41, 5.74) is 0. The summed E-state index contributed by atoms with van der Waals surface area (Å²) < 4.78 is 5.06. The molecule has 93 valence electrons. The van der Waals surface area contributed by atoms with Crippen LogP contribution in [-0.4, -0.2) is 19.8 Å². The molecule has 0 rings (SSSR count). The van der Waals surface area contributed by atoms with Crippen LogP contribution in [0.5, 0.6) is 0 Å². The molecular weight excluding hydrogens is 294 g/mol. The Kier molecular flexibility index (Phi) is 17.8. The standard InChI is InChI=1S/C5H11.2C4H9.FH.Sn/c1-3-5-4-2;2*1-3-4-2;;/h1,3-5H2,2H3;2*1,3-4H2,2H3;1H;. The van der Waals surface area contributed by atoms with E-state index in [1.165, 1.54) is 38.5 Å². The summed E-state index contributed by atoms with van der Waals surface area (Å²) in [6.07, 6.45) is 10.3. The van der Waals surface area contributed by atoms with E-state index in [0.29, 0.717) is 0 Å². The van der Waals surface area contributed by atoms with Gasteiger partial charge in [-0.1, -0.05) is 0 Å². The third-order valence-electron chi connectivity index (χ3n) is 2.90. The molecule has 15 heavy (non-hydrogen) atoms. The summed E-state index contributed by atoms with van der Waals surface area (Å²) in [5, 5.41) is 0. The minimum atomic E-state index is -0.860. The predicted molar refractivity (Wildman–Crippen MR) is 72.0 cm³/mol. The van der Waals surface area contributed by atoms with Crippen molar-refractivity contribution in [3.63, 3.8) is 0 Å². The Bertz CT molecular complexity index is 98.7. The first-order valence-corrected chi connectivity index (χ1v) is 12.7. The molecule has 0 aromatic rings. The molecule has 0 atom stereocenters. The minimum absolute atomic E-state index is 0. The monoisotopic (exact) mass is 325 g/mol. The molecule has 0 amide bonds. The molecule has 2 heteroatoms. The van der Waals surface area contributed by atoms with Gasteiger partial charge < -0.3 is 0 Å². The van der Waals surface area contributed by atoms with E-state index >= 15 is 0 Å². The molecule has 0 N–H and O–H groups in total. The van der Waals surface area contributed by atoms with Crippen LogP contribution in [0.15, 0.2) is 0 Å². The average molecular weight is 324 g/mol. The van der Waals surface area contributed by atoms with Crippen molar-refractivity contribution in [1.82, 2.24) is 0 Å². The first-order valence-electron chi connectivity index (χ1n) is 6.68. The van der Waals surface area contributed by atoms with Crippen LogP contribution < -0.4 is 0 Å². The van der Waals surface area contributed by atoms with Crippen molar-refractivity contribution >= 4 is 19.8 Å². The van der Waals surface area contributed by atoms with E-state index in [1.54, 1.807) is 19.7 Å². The first-order chi connectivity index (χ1) is 6.85. The van der Waals surface area contributed by atoms with E-state index in [2.05, 4.69) is 20.8 Å². The molecule has 0 unspecified atom stereocenters. The predicted octanol–water partition coefficient (Wildman–Crippen LogP) is 5.42. The van der Waals surface area contributed by atoms with Crippen LogP contribution in [0.2, 0.25) is 13.3 Å². The van der Waals surface area contributed by atoms with Gasteiger partial charge in [-0.05, 0) is 0 Å². The summed E-state index contributed by atoms with van der Waals surface area (Å²) in [4.78, 5) is 0. The molecule has 0 saturated heterocycles. The third-order valence-corrected chi connectivity index (χ3v) is 12.0. The number of hydrogen-bond acceptors (Lipinski definition) is 0. The molecule has 0 heterocycles. The molecule has 0 saturated carbocycles. The van der Waals surface area contributed by atoms with Crippen LogP contribution in [0.3, 0.4) is 0 Å². The fraction of sp³-hybridized carbons (Fsp3) is 1.00. The molecule has 0 spiro atoms. The van der Waals surface area contributed by atoms with Gasteiger partial charge in [0, 0.05) is 0 Å². The molecule has 0 aromatic heterocycles. The quantitative estimate of drug-likeness (QED) is 0.372. The van der Waals surface area contributed by atoms with Crippen molar-refractivity contribution in [1.29, 1.82) is 0 Å². The molecular formula is C13H30FSn. The van der Waals surface area contributed by atoms with E-state index in [0.717, 1.165) is 0 Å². The Morgan fingerprint density at radius 2 is 1.00 bits per heavy atom. The Morgan fingerprint density at radius 3 is 1.40 bits per heavy atom. The summed E-state index contributed by atoms with van der Waals surface area (Å²) in [6.45, 7) is 7.00. The van der Waals surface area contributed by atoms with Crippen molar-refractivity contribution in [2.45, 2.75) is 79.0 Å². The van der Waals surface area contributed by atoms with Gasteiger partial charge >= 0.3 is 98.8 Å². The number of rotatable bonds is 10. The van der Waals surface area contributed by atoms with Gasteiger partial charge in [0.05, 0.1) is 0 Å². The molecule has 0 aliphatic carbocycles. The van der Waals surface area contributed by atoms with E-state index in [9.17, 15) is 0 Å². The van der Waals surface area contributed by atoms with Crippen LogP contribution in [0.25, 0.3) is 0 Å². The second-order valence-corrected chi connectivity index (χ2v) is 13.0. The maximum Gasteiger partial charge on any atom is -0.269 e. The topological polar surface area (TPSA) is 0 Å². The Hall–Kier alpha value is 0.729. The molecule has 0 aromatic carbocycles. The fourth-order valence-corrected chi connectivity index (χ4v) is 11.0. The van der Waals surface area contributed by atoms with Crippen molar-refractivity contribution < 1.29 is 4.70 Å². The Labute approximate surface area is 103 Å². The second-order valence-electron chi connectivity index (χ2n) is 4.41. The van der Waals surface area contributed by atoms with Crippen molar-refractivity contribution in [3.8, 4) is 0 Å². The van der Waals surface area contributed by atoms with Gasteiger partial charge in [0.1, 0.15) is 0 Å². The fourth-order valence-electron chi connectivity index (χ4n) is 1.85. The zero-order valence-electron chi connectivity index (χ0n) is 11.0.